The van der Waals surface area contributed by atoms with E-state index in [9.17, 15) is 4.79 Å². The first-order valence-electron chi connectivity index (χ1n) is 6.81. The minimum Gasteiger partial charge on any atom is -0.381 e. The van der Waals surface area contributed by atoms with Crippen molar-refractivity contribution in [1.29, 1.82) is 0 Å². The lowest BCUT2D eigenvalue weighted by Crippen LogP contribution is -2.50. The van der Waals surface area contributed by atoms with Crippen LogP contribution in [-0.4, -0.2) is 55.7 Å². The van der Waals surface area contributed by atoms with Crippen molar-refractivity contribution in [2.75, 3.05) is 32.9 Å². The molecule has 1 saturated carbocycles. The number of nitrogens with zero attached hydrogens (tertiary/aromatic N) is 1. The van der Waals surface area contributed by atoms with Crippen molar-refractivity contribution in [3.8, 4) is 0 Å². The van der Waals surface area contributed by atoms with Gasteiger partial charge in [0.15, 0.2) is 5.78 Å². The van der Waals surface area contributed by atoms with Gasteiger partial charge in [-0.25, -0.2) is 0 Å². The minimum absolute atomic E-state index is 0.151. The van der Waals surface area contributed by atoms with Crippen molar-refractivity contribution in [3.63, 3.8) is 0 Å². The third-order valence-corrected chi connectivity index (χ3v) is 4.34. The summed E-state index contributed by atoms with van der Waals surface area (Å²) >= 11 is 0. The van der Waals surface area contributed by atoms with Crippen molar-refractivity contribution in [2.45, 2.75) is 37.8 Å². The summed E-state index contributed by atoms with van der Waals surface area (Å²) in [7, 11) is 0. The summed E-state index contributed by atoms with van der Waals surface area (Å²) in [5.41, 5.74) is 0. The molecule has 3 aliphatic rings. The maximum atomic E-state index is 12.1. The SMILES string of the molecule is O=C(CN1CCOC2CCCC21)C1CCOC1. The molecule has 2 heterocycles. The van der Waals surface area contributed by atoms with Crippen LogP contribution in [0.1, 0.15) is 25.7 Å². The maximum absolute atomic E-state index is 12.1. The Bertz CT molecular complexity index is 288. The predicted octanol–water partition coefficient (Wildman–Crippen LogP) is 0.845. The van der Waals surface area contributed by atoms with Crippen LogP contribution >= 0.6 is 0 Å². The first-order chi connectivity index (χ1) is 8.34. The number of hydrogen-bond donors (Lipinski definition) is 0. The average Bonchev–Trinajstić information content (AvgIpc) is 3.00. The fourth-order valence-corrected chi connectivity index (χ4v) is 3.32. The third-order valence-electron chi connectivity index (χ3n) is 4.34. The van der Waals surface area contributed by atoms with Crippen molar-refractivity contribution >= 4 is 5.78 Å². The van der Waals surface area contributed by atoms with Gasteiger partial charge >= 0.3 is 0 Å². The predicted molar refractivity (Wildman–Crippen MR) is 62.9 cm³/mol. The zero-order valence-corrected chi connectivity index (χ0v) is 10.3. The number of ether oxygens (including phenoxy) is 2. The molecule has 96 valence electrons. The van der Waals surface area contributed by atoms with E-state index in [1.54, 1.807) is 0 Å². The topological polar surface area (TPSA) is 38.8 Å². The molecule has 4 heteroatoms. The molecule has 0 amide bonds. The van der Waals surface area contributed by atoms with Crippen molar-refractivity contribution in [3.05, 3.63) is 0 Å². The Morgan fingerprint density at radius 1 is 1.24 bits per heavy atom. The molecule has 0 aromatic rings. The van der Waals surface area contributed by atoms with Crippen LogP contribution in [0.4, 0.5) is 0 Å². The molecule has 2 saturated heterocycles. The molecule has 0 bridgehead atoms. The van der Waals surface area contributed by atoms with Gasteiger partial charge in [-0.15, -0.1) is 0 Å². The monoisotopic (exact) mass is 239 g/mol. The van der Waals surface area contributed by atoms with E-state index in [2.05, 4.69) is 4.90 Å². The lowest BCUT2D eigenvalue weighted by molar-refractivity contribution is -0.127. The number of carbonyl (C=O) groups excluding carboxylic acids is 1. The summed E-state index contributed by atoms with van der Waals surface area (Å²) in [6.07, 6.45) is 4.90. The highest BCUT2D eigenvalue weighted by Crippen LogP contribution is 2.29. The van der Waals surface area contributed by atoms with Gasteiger partial charge in [-0.05, 0) is 25.7 Å². The second-order valence-corrected chi connectivity index (χ2v) is 5.40. The van der Waals surface area contributed by atoms with E-state index < -0.39 is 0 Å². The van der Waals surface area contributed by atoms with Gasteiger partial charge < -0.3 is 9.47 Å². The fraction of sp³-hybridized carbons (Fsp3) is 0.923. The molecule has 2 aliphatic heterocycles. The number of Topliss-reactive ketones (excluding diaryl/α,β-unsaturated/α-hetero) is 1. The van der Waals surface area contributed by atoms with Crippen LogP contribution in [0.2, 0.25) is 0 Å². The van der Waals surface area contributed by atoms with Crippen LogP contribution in [0, 0.1) is 5.92 Å². The number of fused-ring (bicyclic) bond motifs is 1. The number of morpholine rings is 1. The standard InChI is InChI=1S/C13H21NO3/c15-12(10-4-6-16-9-10)8-14-5-7-17-13-3-1-2-11(13)14/h10-11,13H,1-9H2. The summed E-state index contributed by atoms with van der Waals surface area (Å²) in [6, 6.07) is 0.495. The lowest BCUT2D eigenvalue weighted by atomic mass is 10.0. The normalized spacial score (nSPS) is 38.2. The second kappa shape index (κ2) is 5.04. The van der Waals surface area contributed by atoms with Crippen LogP contribution in [0.25, 0.3) is 0 Å². The molecule has 3 rings (SSSR count). The van der Waals surface area contributed by atoms with Crippen LogP contribution in [0.3, 0.4) is 0 Å². The van der Waals surface area contributed by atoms with Gasteiger partial charge in [0.2, 0.25) is 0 Å². The third kappa shape index (κ3) is 2.39. The minimum atomic E-state index is 0.151. The van der Waals surface area contributed by atoms with Crippen molar-refractivity contribution in [2.24, 2.45) is 5.92 Å². The van der Waals surface area contributed by atoms with Crippen LogP contribution < -0.4 is 0 Å². The Labute approximate surface area is 102 Å². The number of carbonyl (C=O) groups is 1. The molecule has 0 radical (unpaired) electrons. The zero-order valence-electron chi connectivity index (χ0n) is 10.3. The molecular formula is C13H21NO3. The Morgan fingerprint density at radius 2 is 2.18 bits per heavy atom. The van der Waals surface area contributed by atoms with Crippen LogP contribution in [0.5, 0.6) is 0 Å². The van der Waals surface area contributed by atoms with E-state index in [0.29, 0.717) is 31.1 Å². The van der Waals surface area contributed by atoms with Crippen LogP contribution in [-0.2, 0) is 14.3 Å². The molecule has 1 aliphatic carbocycles. The van der Waals surface area contributed by atoms with E-state index >= 15 is 0 Å². The molecule has 3 unspecified atom stereocenters. The summed E-state index contributed by atoms with van der Waals surface area (Å²) < 4.78 is 11.1. The van der Waals surface area contributed by atoms with Gasteiger partial charge in [-0.3, -0.25) is 9.69 Å². The zero-order chi connectivity index (χ0) is 11.7. The largest absolute Gasteiger partial charge is 0.381 e. The molecule has 0 aromatic carbocycles. The molecule has 0 N–H and O–H groups in total. The molecule has 0 aromatic heterocycles. The maximum Gasteiger partial charge on any atom is 0.152 e. The molecule has 3 atom stereocenters. The van der Waals surface area contributed by atoms with E-state index in [-0.39, 0.29) is 5.92 Å². The van der Waals surface area contributed by atoms with Gasteiger partial charge in [0.25, 0.3) is 0 Å². The highest BCUT2D eigenvalue weighted by Gasteiger charge is 2.37. The summed E-state index contributed by atoms with van der Waals surface area (Å²) in [5, 5.41) is 0. The Morgan fingerprint density at radius 3 is 3.00 bits per heavy atom. The quantitative estimate of drug-likeness (QED) is 0.732. The van der Waals surface area contributed by atoms with Gasteiger partial charge in [0, 0.05) is 25.1 Å². The van der Waals surface area contributed by atoms with Gasteiger partial charge in [0.05, 0.1) is 25.9 Å². The molecular weight excluding hydrogens is 218 g/mol. The van der Waals surface area contributed by atoms with Gasteiger partial charge in [0.1, 0.15) is 0 Å². The smallest absolute Gasteiger partial charge is 0.152 e. The van der Waals surface area contributed by atoms with E-state index in [4.69, 9.17) is 9.47 Å². The van der Waals surface area contributed by atoms with E-state index in [1.807, 2.05) is 0 Å². The number of rotatable bonds is 3. The Kier molecular flexibility index (Phi) is 3.45. The second-order valence-electron chi connectivity index (χ2n) is 5.40. The summed E-state index contributed by atoms with van der Waals surface area (Å²) in [5.74, 6) is 0.521. The Balaban J connectivity index is 1.58. The Hall–Kier alpha value is -0.450. The average molecular weight is 239 g/mol. The highest BCUT2D eigenvalue weighted by molar-refractivity contribution is 5.83. The summed E-state index contributed by atoms with van der Waals surface area (Å²) in [6.45, 7) is 3.71. The molecule has 3 fully saturated rings. The number of ketones is 1. The van der Waals surface area contributed by atoms with Crippen molar-refractivity contribution < 1.29 is 14.3 Å². The molecule has 4 nitrogen and oxygen atoms in total. The van der Waals surface area contributed by atoms with Gasteiger partial charge in [-0.2, -0.15) is 0 Å². The van der Waals surface area contributed by atoms with Gasteiger partial charge in [-0.1, -0.05) is 0 Å². The first kappa shape index (κ1) is 11.6. The van der Waals surface area contributed by atoms with E-state index in [0.717, 1.165) is 26.2 Å². The summed E-state index contributed by atoms with van der Waals surface area (Å²) in [4.78, 5) is 14.5. The first-order valence-corrected chi connectivity index (χ1v) is 6.81. The fourth-order valence-electron chi connectivity index (χ4n) is 3.32. The van der Waals surface area contributed by atoms with Crippen molar-refractivity contribution in [1.82, 2.24) is 4.90 Å². The van der Waals surface area contributed by atoms with Crippen LogP contribution in [0.15, 0.2) is 0 Å². The van der Waals surface area contributed by atoms with E-state index in [1.165, 1.54) is 19.3 Å². The molecule has 17 heavy (non-hydrogen) atoms. The number of hydrogen-bond acceptors (Lipinski definition) is 4. The molecule has 0 spiro atoms. The lowest BCUT2D eigenvalue weighted by Gasteiger charge is -2.37. The highest BCUT2D eigenvalue weighted by atomic mass is 16.5.